The maximum atomic E-state index is 12.1. The molecule has 0 aromatic heterocycles. The van der Waals surface area contributed by atoms with Gasteiger partial charge in [-0.2, -0.15) is 0 Å². The number of piperidine rings is 1. The SMILES string of the molecule is O=C(NC1CCCCC1O)NC1CCN2CCCCC12. The van der Waals surface area contributed by atoms with Crippen LogP contribution >= 0.6 is 0 Å². The van der Waals surface area contributed by atoms with Gasteiger partial charge in [0.25, 0.3) is 0 Å². The molecule has 0 aromatic carbocycles. The predicted molar refractivity (Wildman–Crippen MR) is 77.5 cm³/mol. The zero-order valence-electron chi connectivity index (χ0n) is 12.2. The Morgan fingerprint density at radius 3 is 2.50 bits per heavy atom. The lowest BCUT2D eigenvalue weighted by Crippen LogP contribution is -2.54. The van der Waals surface area contributed by atoms with Crippen LogP contribution in [0.1, 0.15) is 51.4 Å². The van der Waals surface area contributed by atoms with Gasteiger partial charge >= 0.3 is 6.03 Å². The summed E-state index contributed by atoms with van der Waals surface area (Å²) in [7, 11) is 0. The van der Waals surface area contributed by atoms with E-state index in [2.05, 4.69) is 15.5 Å². The van der Waals surface area contributed by atoms with Crippen LogP contribution in [-0.4, -0.2) is 53.4 Å². The van der Waals surface area contributed by atoms with E-state index < -0.39 is 0 Å². The molecule has 2 heterocycles. The van der Waals surface area contributed by atoms with Gasteiger partial charge in [-0.3, -0.25) is 4.90 Å². The largest absolute Gasteiger partial charge is 0.391 e. The maximum absolute atomic E-state index is 12.1. The first-order valence-electron chi connectivity index (χ1n) is 8.23. The number of fused-ring (bicyclic) bond motifs is 1. The third kappa shape index (κ3) is 3.09. The number of hydrogen-bond donors (Lipinski definition) is 3. The molecule has 4 atom stereocenters. The summed E-state index contributed by atoms with van der Waals surface area (Å²) in [5.41, 5.74) is 0. The first kappa shape index (κ1) is 14.1. The first-order valence-corrected chi connectivity index (χ1v) is 8.23. The molecule has 114 valence electrons. The van der Waals surface area contributed by atoms with E-state index in [9.17, 15) is 9.90 Å². The molecule has 2 amide bonds. The van der Waals surface area contributed by atoms with Crippen LogP contribution in [0.4, 0.5) is 4.79 Å². The molecule has 1 saturated carbocycles. The molecule has 0 radical (unpaired) electrons. The molecular formula is C15H27N3O2. The topological polar surface area (TPSA) is 64.6 Å². The molecule has 0 aromatic rings. The Kier molecular flexibility index (Phi) is 4.46. The van der Waals surface area contributed by atoms with Gasteiger partial charge in [0, 0.05) is 18.6 Å². The van der Waals surface area contributed by atoms with E-state index >= 15 is 0 Å². The van der Waals surface area contributed by atoms with Crippen molar-refractivity contribution < 1.29 is 9.90 Å². The van der Waals surface area contributed by atoms with E-state index in [4.69, 9.17) is 0 Å². The van der Waals surface area contributed by atoms with Crippen molar-refractivity contribution in [2.75, 3.05) is 13.1 Å². The third-order valence-electron chi connectivity index (χ3n) is 5.22. The first-order chi connectivity index (χ1) is 9.74. The highest BCUT2D eigenvalue weighted by molar-refractivity contribution is 5.74. The fraction of sp³-hybridized carbons (Fsp3) is 0.933. The van der Waals surface area contributed by atoms with Crippen molar-refractivity contribution in [1.82, 2.24) is 15.5 Å². The summed E-state index contributed by atoms with van der Waals surface area (Å²) < 4.78 is 0. The van der Waals surface area contributed by atoms with E-state index in [-0.39, 0.29) is 24.2 Å². The Bertz CT molecular complexity index is 350. The van der Waals surface area contributed by atoms with Gasteiger partial charge in [0.1, 0.15) is 0 Å². The smallest absolute Gasteiger partial charge is 0.315 e. The quantitative estimate of drug-likeness (QED) is 0.713. The summed E-state index contributed by atoms with van der Waals surface area (Å²) in [6.45, 7) is 2.30. The minimum absolute atomic E-state index is 0.0624. The number of aliphatic hydroxyl groups excluding tert-OH is 1. The minimum atomic E-state index is -0.371. The van der Waals surface area contributed by atoms with Crippen molar-refractivity contribution in [3.05, 3.63) is 0 Å². The normalized spacial score (nSPS) is 38.2. The molecule has 5 nitrogen and oxygen atoms in total. The van der Waals surface area contributed by atoms with E-state index in [1.54, 1.807) is 0 Å². The second-order valence-corrected chi connectivity index (χ2v) is 6.57. The summed E-state index contributed by atoms with van der Waals surface area (Å²) >= 11 is 0. The van der Waals surface area contributed by atoms with Crippen molar-refractivity contribution >= 4 is 6.03 Å². The number of carbonyl (C=O) groups is 1. The Labute approximate surface area is 121 Å². The van der Waals surface area contributed by atoms with Crippen LogP contribution in [-0.2, 0) is 0 Å². The molecule has 1 aliphatic carbocycles. The van der Waals surface area contributed by atoms with Gasteiger partial charge in [-0.25, -0.2) is 4.79 Å². The monoisotopic (exact) mass is 281 g/mol. The molecule has 20 heavy (non-hydrogen) atoms. The number of hydrogen-bond acceptors (Lipinski definition) is 3. The lowest BCUT2D eigenvalue weighted by molar-refractivity contribution is 0.0936. The summed E-state index contributed by atoms with van der Waals surface area (Å²) in [5.74, 6) is 0. The number of rotatable bonds is 2. The molecule has 3 rings (SSSR count). The highest BCUT2D eigenvalue weighted by Gasteiger charge is 2.36. The van der Waals surface area contributed by atoms with Crippen LogP contribution < -0.4 is 10.6 Å². The molecule has 0 spiro atoms. The average Bonchev–Trinajstić information content (AvgIpc) is 2.85. The lowest BCUT2D eigenvalue weighted by Gasteiger charge is -2.33. The zero-order chi connectivity index (χ0) is 13.9. The molecule has 4 unspecified atom stereocenters. The highest BCUT2D eigenvalue weighted by atomic mass is 16.3. The molecular weight excluding hydrogens is 254 g/mol. The highest BCUT2D eigenvalue weighted by Crippen LogP contribution is 2.27. The van der Waals surface area contributed by atoms with Crippen molar-refractivity contribution in [3.8, 4) is 0 Å². The molecule has 2 aliphatic heterocycles. The standard InChI is InChI=1S/C15H27N3O2/c19-14-7-2-1-5-12(14)17-15(20)16-11-8-10-18-9-4-3-6-13(11)18/h11-14,19H,1-10H2,(H2,16,17,20). The van der Waals surface area contributed by atoms with Crippen LogP contribution in [0.15, 0.2) is 0 Å². The number of amides is 2. The van der Waals surface area contributed by atoms with E-state index in [0.717, 1.165) is 38.6 Å². The fourth-order valence-electron chi connectivity index (χ4n) is 4.07. The molecule has 0 bridgehead atoms. The van der Waals surface area contributed by atoms with E-state index in [1.807, 2.05) is 0 Å². The van der Waals surface area contributed by atoms with Crippen molar-refractivity contribution in [2.45, 2.75) is 75.6 Å². The van der Waals surface area contributed by atoms with E-state index in [0.29, 0.717) is 6.04 Å². The van der Waals surface area contributed by atoms with Crippen LogP contribution in [0.25, 0.3) is 0 Å². The Morgan fingerprint density at radius 2 is 1.65 bits per heavy atom. The second-order valence-electron chi connectivity index (χ2n) is 6.57. The lowest BCUT2D eigenvalue weighted by atomic mass is 9.93. The zero-order valence-corrected chi connectivity index (χ0v) is 12.2. The number of aliphatic hydroxyl groups is 1. The van der Waals surface area contributed by atoms with Gasteiger partial charge in [0.2, 0.25) is 0 Å². The Morgan fingerprint density at radius 1 is 0.900 bits per heavy atom. The minimum Gasteiger partial charge on any atom is -0.391 e. The number of nitrogens with zero attached hydrogens (tertiary/aromatic N) is 1. The summed E-state index contributed by atoms with van der Waals surface area (Å²) in [5, 5.41) is 16.0. The van der Waals surface area contributed by atoms with Crippen LogP contribution in [0.3, 0.4) is 0 Å². The van der Waals surface area contributed by atoms with Crippen LogP contribution in [0, 0.1) is 0 Å². The van der Waals surface area contributed by atoms with Gasteiger partial charge in [-0.05, 0) is 38.6 Å². The van der Waals surface area contributed by atoms with Crippen LogP contribution in [0.2, 0.25) is 0 Å². The molecule has 3 fully saturated rings. The third-order valence-corrected chi connectivity index (χ3v) is 5.22. The summed E-state index contributed by atoms with van der Waals surface area (Å²) in [6, 6.07) is 0.669. The Balaban J connectivity index is 1.48. The van der Waals surface area contributed by atoms with Gasteiger partial charge < -0.3 is 15.7 Å². The van der Waals surface area contributed by atoms with Crippen molar-refractivity contribution in [3.63, 3.8) is 0 Å². The maximum Gasteiger partial charge on any atom is 0.315 e. The average molecular weight is 281 g/mol. The fourth-order valence-corrected chi connectivity index (χ4v) is 4.07. The Hall–Kier alpha value is -0.810. The summed E-state index contributed by atoms with van der Waals surface area (Å²) in [6.07, 6.45) is 8.35. The van der Waals surface area contributed by atoms with Gasteiger partial charge in [0.15, 0.2) is 0 Å². The molecule has 3 aliphatic rings. The molecule has 5 heteroatoms. The van der Waals surface area contributed by atoms with Gasteiger partial charge in [-0.1, -0.05) is 19.3 Å². The summed E-state index contributed by atoms with van der Waals surface area (Å²) in [4.78, 5) is 14.7. The molecule has 2 saturated heterocycles. The van der Waals surface area contributed by atoms with Gasteiger partial charge in [0.05, 0.1) is 12.1 Å². The van der Waals surface area contributed by atoms with Gasteiger partial charge in [-0.15, -0.1) is 0 Å². The number of urea groups is 1. The second kappa shape index (κ2) is 6.31. The molecule has 3 N–H and O–H groups in total. The number of nitrogens with one attached hydrogen (secondary N) is 2. The predicted octanol–water partition coefficient (Wildman–Crippen LogP) is 1.22. The van der Waals surface area contributed by atoms with E-state index in [1.165, 1.54) is 25.8 Å². The number of carbonyl (C=O) groups excluding carboxylic acids is 1. The van der Waals surface area contributed by atoms with Crippen molar-refractivity contribution in [1.29, 1.82) is 0 Å². The van der Waals surface area contributed by atoms with Crippen LogP contribution in [0.5, 0.6) is 0 Å². The van der Waals surface area contributed by atoms with Crippen molar-refractivity contribution in [2.24, 2.45) is 0 Å².